The van der Waals surface area contributed by atoms with Crippen molar-refractivity contribution >= 4 is 11.8 Å². The monoisotopic (exact) mass is 275 g/mol. The summed E-state index contributed by atoms with van der Waals surface area (Å²) in [5.41, 5.74) is 1.09. The van der Waals surface area contributed by atoms with Crippen LogP contribution in [0.25, 0.3) is 0 Å². The maximum atomic E-state index is 4.32. The first-order valence-electron chi connectivity index (χ1n) is 6.19. The molecule has 1 N–H and O–H groups in total. The number of hydrogen-bond acceptors (Lipinski definition) is 6. The predicted molar refractivity (Wildman–Crippen MR) is 74.7 cm³/mol. The highest BCUT2D eigenvalue weighted by atomic mass is 32.2. The smallest absolute Gasteiger partial charge is 0.193 e. The summed E-state index contributed by atoms with van der Waals surface area (Å²) < 4.78 is 0. The summed E-state index contributed by atoms with van der Waals surface area (Å²) in [6.45, 7) is 6.17. The first-order chi connectivity index (χ1) is 9.24. The average molecular weight is 275 g/mol. The van der Waals surface area contributed by atoms with Gasteiger partial charge in [-0.15, -0.1) is 0 Å². The molecule has 0 spiro atoms. The Morgan fingerprint density at radius 1 is 1.21 bits per heavy atom. The molecule has 0 fully saturated rings. The second kappa shape index (κ2) is 7.16. The summed E-state index contributed by atoms with van der Waals surface area (Å²) in [5, 5.41) is 4.91. The largest absolute Gasteiger partial charge is 0.312 e. The quantitative estimate of drug-likeness (QED) is 0.644. The fraction of sp³-hybridized carbons (Fsp3) is 0.385. The van der Waals surface area contributed by atoms with Gasteiger partial charge in [-0.25, -0.2) is 19.9 Å². The minimum absolute atomic E-state index is 0.647. The van der Waals surface area contributed by atoms with Gasteiger partial charge >= 0.3 is 0 Å². The molecule has 0 aliphatic rings. The lowest BCUT2D eigenvalue weighted by atomic mass is 10.2. The Kier molecular flexibility index (Phi) is 5.23. The molecule has 0 atom stereocenters. The molecule has 2 aromatic heterocycles. The highest BCUT2D eigenvalue weighted by Crippen LogP contribution is 2.20. The number of nitrogens with zero attached hydrogens (tertiary/aromatic N) is 4. The van der Waals surface area contributed by atoms with Gasteiger partial charge in [0, 0.05) is 30.7 Å². The summed E-state index contributed by atoms with van der Waals surface area (Å²) in [4.78, 5) is 16.6. The van der Waals surface area contributed by atoms with Crippen molar-refractivity contribution in [2.24, 2.45) is 5.92 Å². The normalized spacial score (nSPS) is 10.9. The van der Waals surface area contributed by atoms with Gasteiger partial charge in [0.15, 0.2) is 5.16 Å². The molecule has 0 saturated carbocycles. The molecule has 2 aromatic rings. The third-order valence-corrected chi connectivity index (χ3v) is 3.16. The van der Waals surface area contributed by atoms with E-state index in [0.717, 1.165) is 23.7 Å². The van der Waals surface area contributed by atoms with E-state index in [9.17, 15) is 0 Å². The molecule has 0 aromatic carbocycles. The number of hydrogen-bond donors (Lipinski definition) is 1. The molecule has 0 unspecified atom stereocenters. The van der Waals surface area contributed by atoms with Crippen LogP contribution in [0.4, 0.5) is 0 Å². The molecule has 0 amide bonds. The molecule has 0 aliphatic heterocycles. The lowest BCUT2D eigenvalue weighted by Gasteiger charge is -2.07. The fourth-order valence-corrected chi connectivity index (χ4v) is 2.05. The Balaban J connectivity index is 1.88. The van der Waals surface area contributed by atoms with Crippen LogP contribution in [-0.2, 0) is 6.54 Å². The lowest BCUT2D eigenvalue weighted by molar-refractivity contribution is 0.550. The van der Waals surface area contributed by atoms with E-state index in [1.165, 1.54) is 18.1 Å². The zero-order valence-electron chi connectivity index (χ0n) is 11.1. The lowest BCUT2D eigenvalue weighted by Crippen LogP contribution is -2.19. The minimum atomic E-state index is 0.647. The topological polar surface area (TPSA) is 63.6 Å². The van der Waals surface area contributed by atoms with Gasteiger partial charge in [-0.3, -0.25) is 0 Å². The van der Waals surface area contributed by atoms with Crippen molar-refractivity contribution < 1.29 is 0 Å². The van der Waals surface area contributed by atoms with Crippen LogP contribution in [0, 0.1) is 5.92 Å². The Hall–Kier alpha value is -1.53. The van der Waals surface area contributed by atoms with Gasteiger partial charge in [0.05, 0.1) is 0 Å². The van der Waals surface area contributed by atoms with Crippen molar-refractivity contribution in [3.05, 3.63) is 36.5 Å². The molecule has 2 heterocycles. The first kappa shape index (κ1) is 13.9. The van der Waals surface area contributed by atoms with E-state index in [-0.39, 0.29) is 0 Å². The van der Waals surface area contributed by atoms with Crippen LogP contribution >= 0.6 is 11.8 Å². The minimum Gasteiger partial charge on any atom is -0.312 e. The molecule has 6 heteroatoms. The zero-order chi connectivity index (χ0) is 13.5. The van der Waals surface area contributed by atoms with Crippen LogP contribution in [0.3, 0.4) is 0 Å². The first-order valence-corrected chi connectivity index (χ1v) is 7.01. The van der Waals surface area contributed by atoms with E-state index >= 15 is 0 Å². The van der Waals surface area contributed by atoms with E-state index < -0.39 is 0 Å². The van der Waals surface area contributed by atoms with Gasteiger partial charge in [0.2, 0.25) is 0 Å². The standard InChI is InChI=1S/C13H17N5S/c1-10(2)5-15-6-11-7-16-13(17-8-11)19-12-3-4-14-9-18-12/h3-4,7-10,15H,5-6H2,1-2H3. The van der Waals surface area contributed by atoms with Crippen LogP contribution in [0.1, 0.15) is 19.4 Å². The highest BCUT2D eigenvalue weighted by molar-refractivity contribution is 7.99. The van der Waals surface area contributed by atoms with Crippen LogP contribution < -0.4 is 5.32 Å². The van der Waals surface area contributed by atoms with E-state index in [1.54, 1.807) is 6.20 Å². The molecule has 0 bridgehead atoms. The second-order valence-electron chi connectivity index (χ2n) is 4.55. The molecule has 0 radical (unpaired) electrons. The predicted octanol–water partition coefficient (Wildman–Crippen LogP) is 2.16. The summed E-state index contributed by atoms with van der Waals surface area (Å²) in [7, 11) is 0. The Labute approximate surface area is 117 Å². The van der Waals surface area contributed by atoms with E-state index in [4.69, 9.17) is 0 Å². The van der Waals surface area contributed by atoms with Gasteiger partial charge in [-0.1, -0.05) is 13.8 Å². The molecule has 5 nitrogen and oxygen atoms in total. The highest BCUT2D eigenvalue weighted by Gasteiger charge is 2.02. The van der Waals surface area contributed by atoms with Gasteiger partial charge < -0.3 is 5.32 Å². The fourth-order valence-electron chi connectivity index (χ4n) is 1.42. The van der Waals surface area contributed by atoms with E-state index in [1.807, 2.05) is 18.5 Å². The van der Waals surface area contributed by atoms with Crippen molar-refractivity contribution in [3.8, 4) is 0 Å². The molecule has 19 heavy (non-hydrogen) atoms. The van der Waals surface area contributed by atoms with Crippen molar-refractivity contribution in [2.45, 2.75) is 30.6 Å². The Morgan fingerprint density at radius 3 is 2.63 bits per heavy atom. The van der Waals surface area contributed by atoms with E-state index in [2.05, 4.69) is 39.1 Å². The summed E-state index contributed by atoms with van der Waals surface area (Å²) >= 11 is 1.43. The van der Waals surface area contributed by atoms with Crippen LogP contribution in [0.15, 0.2) is 41.2 Å². The summed E-state index contributed by atoms with van der Waals surface area (Å²) in [6.07, 6.45) is 6.93. The van der Waals surface area contributed by atoms with Crippen LogP contribution in [0.5, 0.6) is 0 Å². The number of aromatic nitrogens is 4. The van der Waals surface area contributed by atoms with Crippen molar-refractivity contribution in [3.63, 3.8) is 0 Å². The van der Waals surface area contributed by atoms with Crippen LogP contribution in [0.2, 0.25) is 0 Å². The Bertz CT molecular complexity index is 486. The molecular formula is C13H17N5S. The van der Waals surface area contributed by atoms with Gasteiger partial charge in [-0.2, -0.15) is 0 Å². The Morgan fingerprint density at radius 2 is 2.00 bits per heavy atom. The molecular weight excluding hydrogens is 258 g/mol. The third kappa shape index (κ3) is 4.92. The van der Waals surface area contributed by atoms with Crippen molar-refractivity contribution in [2.75, 3.05) is 6.54 Å². The SMILES string of the molecule is CC(C)CNCc1cnc(Sc2ccncn2)nc1. The van der Waals surface area contributed by atoms with E-state index in [0.29, 0.717) is 11.1 Å². The molecule has 0 aliphatic carbocycles. The summed E-state index contributed by atoms with van der Waals surface area (Å²) in [6, 6.07) is 1.84. The van der Waals surface area contributed by atoms with Crippen LogP contribution in [-0.4, -0.2) is 26.5 Å². The van der Waals surface area contributed by atoms with Crippen molar-refractivity contribution in [1.82, 2.24) is 25.3 Å². The molecule has 2 rings (SSSR count). The van der Waals surface area contributed by atoms with Crippen molar-refractivity contribution in [1.29, 1.82) is 0 Å². The summed E-state index contributed by atoms with van der Waals surface area (Å²) in [5.74, 6) is 0.647. The maximum Gasteiger partial charge on any atom is 0.193 e. The maximum absolute atomic E-state index is 4.32. The number of rotatable bonds is 6. The zero-order valence-corrected chi connectivity index (χ0v) is 11.9. The van der Waals surface area contributed by atoms with Gasteiger partial charge in [-0.05, 0) is 30.3 Å². The molecule has 0 saturated heterocycles. The second-order valence-corrected chi connectivity index (χ2v) is 5.54. The third-order valence-electron chi connectivity index (χ3n) is 2.31. The number of nitrogens with one attached hydrogen (secondary N) is 1. The van der Waals surface area contributed by atoms with Gasteiger partial charge in [0.1, 0.15) is 11.4 Å². The molecule has 100 valence electrons. The van der Waals surface area contributed by atoms with Gasteiger partial charge in [0.25, 0.3) is 0 Å². The average Bonchev–Trinajstić information content (AvgIpc) is 2.42.